The molecule has 1 aromatic heterocycles. The Balaban J connectivity index is 1.45. The number of nitriles is 1. The van der Waals surface area contributed by atoms with Crippen LogP contribution in [0.4, 0.5) is 17.5 Å². The third kappa shape index (κ3) is 5.54. The van der Waals surface area contributed by atoms with Crippen molar-refractivity contribution >= 4 is 17.5 Å². The summed E-state index contributed by atoms with van der Waals surface area (Å²) in [5, 5.41) is 25.5. The first kappa shape index (κ1) is 21.6. The molecule has 1 saturated heterocycles. The van der Waals surface area contributed by atoms with E-state index in [1.54, 1.807) is 24.3 Å². The maximum Gasteiger partial charge on any atom is 0.229 e. The number of aromatic hydroxyl groups is 1. The van der Waals surface area contributed by atoms with Gasteiger partial charge in [0.1, 0.15) is 11.6 Å². The molecule has 1 aliphatic heterocycles. The van der Waals surface area contributed by atoms with Crippen LogP contribution in [0.2, 0.25) is 0 Å². The fourth-order valence-corrected chi connectivity index (χ4v) is 3.89. The summed E-state index contributed by atoms with van der Waals surface area (Å²) in [5.74, 6) is 1.77. The van der Waals surface area contributed by atoms with Crippen molar-refractivity contribution in [1.29, 1.82) is 5.26 Å². The molecule has 0 aliphatic carbocycles. The van der Waals surface area contributed by atoms with Crippen LogP contribution in [0, 0.1) is 11.3 Å². The van der Waals surface area contributed by atoms with Gasteiger partial charge in [-0.1, -0.05) is 31.5 Å². The lowest BCUT2D eigenvalue weighted by Gasteiger charge is -2.20. The molecule has 0 spiro atoms. The SMILES string of the molecule is CCCc1cc(N2CCC(NCc3ccc(O)cc3)C2)nc(Nc2cccc(C#N)c2)n1. The minimum Gasteiger partial charge on any atom is -0.508 e. The number of hydrogen-bond acceptors (Lipinski definition) is 7. The molecule has 7 heteroatoms. The lowest BCUT2D eigenvalue weighted by Crippen LogP contribution is -2.32. The fourth-order valence-electron chi connectivity index (χ4n) is 3.89. The minimum atomic E-state index is 0.288. The summed E-state index contributed by atoms with van der Waals surface area (Å²) in [7, 11) is 0. The van der Waals surface area contributed by atoms with Crippen molar-refractivity contribution in [2.45, 2.75) is 38.8 Å². The summed E-state index contributed by atoms with van der Waals surface area (Å²) in [6.07, 6.45) is 2.94. The van der Waals surface area contributed by atoms with Gasteiger partial charge in [0.2, 0.25) is 5.95 Å². The van der Waals surface area contributed by atoms with Gasteiger partial charge in [-0.25, -0.2) is 4.98 Å². The summed E-state index contributed by atoms with van der Waals surface area (Å²) in [5.41, 5.74) is 3.57. The number of phenols is 1. The number of aryl methyl sites for hydroxylation is 1. The summed E-state index contributed by atoms with van der Waals surface area (Å²) in [6, 6.07) is 19.3. The Labute approximate surface area is 188 Å². The van der Waals surface area contributed by atoms with Gasteiger partial charge in [0.25, 0.3) is 0 Å². The maximum atomic E-state index is 9.44. The van der Waals surface area contributed by atoms with E-state index in [9.17, 15) is 5.11 Å². The molecule has 1 unspecified atom stereocenters. The van der Waals surface area contributed by atoms with Crippen molar-refractivity contribution in [1.82, 2.24) is 15.3 Å². The van der Waals surface area contributed by atoms with Gasteiger partial charge in [0.15, 0.2) is 0 Å². The van der Waals surface area contributed by atoms with E-state index in [2.05, 4.69) is 39.6 Å². The van der Waals surface area contributed by atoms with E-state index < -0.39 is 0 Å². The van der Waals surface area contributed by atoms with Gasteiger partial charge in [0.05, 0.1) is 11.6 Å². The molecule has 0 radical (unpaired) electrons. The van der Waals surface area contributed by atoms with E-state index in [0.29, 0.717) is 17.6 Å². The molecule has 0 amide bonds. The molecular weight excluding hydrogens is 400 g/mol. The van der Waals surface area contributed by atoms with E-state index in [0.717, 1.165) is 61.7 Å². The molecule has 1 aliphatic rings. The summed E-state index contributed by atoms with van der Waals surface area (Å²) in [4.78, 5) is 11.8. The summed E-state index contributed by atoms with van der Waals surface area (Å²) in [6.45, 7) is 4.72. The standard InChI is InChI=1S/C25H28N6O/c1-2-4-20-14-24(30-25(28-20)29-21-6-3-5-19(13-21)15-26)31-12-11-22(17-31)27-16-18-7-9-23(32)10-8-18/h3,5-10,13-14,22,27,32H,2,4,11-12,16-17H2,1H3,(H,28,29,30). The average molecular weight is 429 g/mol. The number of rotatable bonds is 8. The van der Waals surface area contributed by atoms with Gasteiger partial charge >= 0.3 is 0 Å². The van der Waals surface area contributed by atoms with Crippen molar-refractivity contribution in [3.05, 3.63) is 71.4 Å². The van der Waals surface area contributed by atoms with Crippen LogP contribution in [0.3, 0.4) is 0 Å². The first-order valence-corrected chi connectivity index (χ1v) is 11.0. The van der Waals surface area contributed by atoms with Gasteiger partial charge in [-0.3, -0.25) is 0 Å². The third-order valence-electron chi connectivity index (χ3n) is 5.56. The second-order valence-electron chi connectivity index (χ2n) is 8.09. The first-order valence-electron chi connectivity index (χ1n) is 11.0. The number of nitrogens with zero attached hydrogens (tertiary/aromatic N) is 4. The van der Waals surface area contributed by atoms with Crippen LogP contribution < -0.4 is 15.5 Å². The van der Waals surface area contributed by atoms with Crippen LogP contribution in [-0.4, -0.2) is 34.2 Å². The molecule has 0 saturated carbocycles. The molecule has 0 bridgehead atoms. The molecule has 164 valence electrons. The van der Waals surface area contributed by atoms with Crippen LogP contribution in [0.25, 0.3) is 0 Å². The van der Waals surface area contributed by atoms with Crippen molar-refractivity contribution < 1.29 is 5.11 Å². The van der Waals surface area contributed by atoms with Crippen molar-refractivity contribution in [3.63, 3.8) is 0 Å². The van der Waals surface area contributed by atoms with Gasteiger partial charge in [-0.05, 0) is 48.7 Å². The molecule has 4 rings (SSSR count). The normalized spacial score (nSPS) is 15.5. The van der Waals surface area contributed by atoms with E-state index in [4.69, 9.17) is 10.2 Å². The second-order valence-corrected chi connectivity index (χ2v) is 8.09. The van der Waals surface area contributed by atoms with Crippen LogP contribution in [0.1, 0.15) is 36.6 Å². The molecule has 32 heavy (non-hydrogen) atoms. The van der Waals surface area contributed by atoms with E-state index in [-0.39, 0.29) is 5.75 Å². The summed E-state index contributed by atoms with van der Waals surface area (Å²) < 4.78 is 0. The lowest BCUT2D eigenvalue weighted by molar-refractivity contribution is 0.474. The smallest absolute Gasteiger partial charge is 0.229 e. The van der Waals surface area contributed by atoms with E-state index >= 15 is 0 Å². The van der Waals surface area contributed by atoms with Crippen molar-refractivity contribution in [3.8, 4) is 11.8 Å². The zero-order valence-electron chi connectivity index (χ0n) is 18.3. The molecular formula is C25H28N6O. The van der Waals surface area contributed by atoms with Crippen molar-refractivity contribution in [2.75, 3.05) is 23.3 Å². The third-order valence-corrected chi connectivity index (χ3v) is 5.56. The van der Waals surface area contributed by atoms with Gasteiger partial charge in [-0.2, -0.15) is 10.2 Å². The molecule has 3 N–H and O–H groups in total. The first-order chi connectivity index (χ1) is 15.6. The highest BCUT2D eigenvalue weighted by Gasteiger charge is 2.24. The number of phenolic OH excluding ortho intramolecular Hbond substituents is 1. The van der Waals surface area contributed by atoms with Gasteiger partial charge < -0.3 is 20.6 Å². The predicted molar refractivity (Wildman–Crippen MR) is 126 cm³/mol. The van der Waals surface area contributed by atoms with E-state index in [1.807, 2.05) is 24.3 Å². The highest BCUT2D eigenvalue weighted by molar-refractivity contribution is 5.58. The number of aromatic nitrogens is 2. The molecule has 2 aromatic carbocycles. The Morgan fingerprint density at radius 2 is 2.00 bits per heavy atom. The Hall–Kier alpha value is -3.63. The highest BCUT2D eigenvalue weighted by atomic mass is 16.3. The Morgan fingerprint density at radius 1 is 1.16 bits per heavy atom. The maximum absolute atomic E-state index is 9.44. The second kappa shape index (κ2) is 10.1. The Bertz CT molecular complexity index is 1090. The van der Waals surface area contributed by atoms with Crippen LogP contribution in [-0.2, 0) is 13.0 Å². The number of benzene rings is 2. The minimum absolute atomic E-state index is 0.288. The quantitative estimate of drug-likeness (QED) is 0.496. The van der Waals surface area contributed by atoms with Crippen LogP contribution in [0.5, 0.6) is 5.75 Å². The molecule has 2 heterocycles. The molecule has 1 atom stereocenters. The molecule has 7 nitrogen and oxygen atoms in total. The fraction of sp³-hybridized carbons (Fsp3) is 0.320. The zero-order valence-corrected chi connectivity index (χ0v) is 18.3. The number of anilines is 3. The topological polar surface area (TPSA) is 97.1 Å². The Kier molecular flexibility index (Phi) is 6.83. The van der Waals surface area contributed by atoms with Crippen molar-refractivity contribution in [2.24, 2.45) is 0 Å². The zero-order chi connectivity index (χ0) is 22.3. The average Bonchev–Trinajstić information content (AvgIpc) is 3.28. The van der Waals surface area contributed by atoms with Crippen LogP contribution >= 0.6 is 0 Å². The molecule has 3 aromatic rings. The predicted octanol–water partition coefficient (Wildman–Crippen LogP) is 4.12. The monoisotopic (exact) mass is 428 g/mol. The summed E-state index contributed by atoms with van der Waals surface area (Å²) >= 11 is 0. The van der Waals surface area contributed by atoms with E-state index in [1.165, 1.54) is 0 Å². The number of nitrogens with one attached hydrogen (secondary N) is 2. The number of hydrogen-bond donors (Lipinski definition) is 3. The Morgan fingerprint density at radius 3 is 2.78 bits per heavy atom. The molecule has 1 fully saturated rings. The van der Waals surface area contributed by atoms with Gasteiger partial charge in [-0.15, -0.1) is 0 Å². The largest absolute Gasteiger partial charge is 0.508 e. The lowest BCUT2D eigenvalue weighted by atomic mass is 10.2. The highest BCUT2D eigenvalue weighted by Crippen LogP contribution is 2.23. The van der Waals surface area contributed by atoms with Gasteiger partial charge in [0, 0.05) is 43.1 Å². The van der Waals surface area contributed by atoms with Crippen LogP contribution in [0.15, 0.2) is 54.6 Å².